The molecular weight excluding hydrogens is 482 g/mol. The molecule has 0 radical (unpaired) electrons. The highest BCUT2D eigenvalue weighted by atomic mass is 16.3. The van der Waals surface area contributed by atoms with Crippen molar-refractivity contribution in [3.05, 3.63) is 138 Å². The Balaban J connectivity index is 1.36. The number of anilines is 1. The number of rotatable bonds is 3. The van der Waals surface area contributed by atoms with Crippen LogP contribution < -0.4 is 4.90 Å². The van der Waals surface area contributed by atoms with Gasteiger partial charge in [-0.05, 0) is 70.8 Å². The first kappa shape index (κ1) is 22.9. The van der Waals surface area contributed by atoms with Crippen LogP contribution in [0.2, 0.25) is 0 Å². The maximum absolute atomic E-state index is 13.8. The molecule has 0 saturated carbocycles. The molecule has 186 valence electrons. The number of imide groups is 1. The minimum Gasteiger partial charge on any atom is -0.456 e. The Labute approximate surface area is 225 Å². The van der Waals surface area contributed by atoms with Gasteiger partial charge in [-0.1, -0.05) is 79.4 Å². The molecular formula is C35H23NO3. The zero-order valence-electron chi connectivity index (χ0n) is 21.3. The van der Waals surface area contributed by atoms with Crippen LogP contribution in [0.25, 0.3) is 43.9 Å². The van der Waals surface area contributed by atoms with Gasteiger partial charge in [0.2, 0.25) is 0 Å². The van der Waals surface area contributed by atoms with E-state index in [4.69, 9.17) is 4.42 Å². The lowest BCUT2D eigenvalue weighted by molar-refractivity contribution is -0.112. The molecule has 7 rings (SSSR count). The highest BCUT2D eigenvalue weighted by molar-refractivity contribution is 6.41. The van der Waals surface area contributed by atoms with E-state index < -0.39 is 5.91 Å². The van der Waals surface area contributed by atoms with Gasteiger partial charge in [-0.25, -0.2) is 4.90 Å². The fraction of sp³-hybridized carbons (Fsp3) is 0.0286. The average molecular weight is 506 g/mol. The number of nitrogens with zero attached hydrogens (tertiary/aromatic N) is 1. The number of allylic oxidation sites excluding steroid dienone is 1. The number of carbonyl (C=O) groups is 2. The summed E-state index contributed by atoms with van der Waals surface area (Å²) in [5.41, 5.74) is 6.19. The van der Waals surface area contributed by atoms with Gasteiger partial charge in [-0.2, -0.15) is 0 Å². The van der Waals surface area contributed by atoms with Crippen LogP contribution in [0.3, 0.4) is 0 Å². The summed E-state index contributed by atoms with van der Waals surface area (Å²) < 4.78 is 6.01. The molecule has 5 aromatic carbocycles. The summed E-state index contributed by atoms with van der Waals surface area (Å²) in [7, 11) is 0. The van der Waals surface area contributed by atoms with Crippen LogP contribution in [0, 0.1) is 0 Å². The third-order valence-electron chi connectivity index (χ3n) is 7.52. The summed E-state index contributed by atoms with van der Waals surface area (Å²) in [5, 5.41) is 4.06. The smallest absolute Gasteiger partial charge is 0.265 e. The molecule has 0 saturated heterocycles. The molecule has 1 aromatic heterocycles. The summed E-state index contributed by atoms with van der Waals surface area (Å²) in [6.45, 7) is 6.14. The first-order chi connectivity index (χ1) is 19.0. The van der Waals surface area contributed by atoms with E-state index in [0.29, 0.717) is 22.4 Å². The quantitative estimate of drug-likeness (QED) is 0.179. The van der Waals surface area contributed by atoms with E-state index in [2.05, 4.69) is 12.6 Å². The summed E-state index contributed by atoms with van der Waals surface area (Å²) >= 11 is 0. The zero-order valence-corrected chi connectivity index (χ0v) is 21.3. The molecule has 0 N–H and O–H groups in total. The van der Waals surface area contributed by atoms with Gasteiger partial charge in [-0.15, -0.1) is 0 Å². The van der Waals surface area contributed by atoms with Crippen molar-refractivity contribution in [2.24, 2.45) is 0 Å². The van der Waals surface area contributed by atoms with Crippen molar-refractivity contribution in [2.75, 3.05) is 4.90 Å². The van der Waals surface area contributed by atoms with Gasteiger partial charge < -0.3 is 4.42 Å². The van der Waals surface area contributed by atoms with Gasteiger partial charge in [-0.3, -0.25) is 9.59 Å². The monoisotopic (exact) mass is 505 g/mol. The molecule has 39 heavy (non-hydrogen) atoms. The average Bonchev–Trinajstić information content (AvgIpc) is 3.34. The fourth-order valence-electron chi connectivity index (χ4n) is 5.66. The first-order valence-corrected chi connectivity index (χ1v) is 12.8. The van der Waals surface area contributed by atoms with E-state index in [1.807, 2.05) is 104 Å². The van der Waals surface area contributed by atoms with Gasteiger partial charge in [0.15, 0.2) is 0 Å². The molecule has 0 spiro atoms. The lowest BCUT2D eigenvalue weighted by Gasteiger charge is -2.30. The number of furan rings is 1. The van der Waals surface area contributed by atoms with Crippen LogP contribution in [-0.2, 0) is 4.79 Å². The fourth-order valence-corrected chi connectivity index (χ4v) is 5.66. The van der Waals surface area contributed by atoms with Crippen molar-refractivity contribution in [1.29, 1.82) is 0 Å². The van der Waals surface area contributed by atoms with Crippen molar-refractivity contribution < 1.29 is 14.0 Å². The van der Waals surface area contributed by atoms with Crippen molar-refractivity contribution in [3.8, 4) is 0 Å². The van der Waals surface area contributed by atoms with Crippen LogP contribution in [0.4, 0.5) is 5.69 Å². The molecule has 1 aliphatic heterocycles. The van der Waals surface area contributed by atoms with Crippen LogP contribution >= 0.6 is 0 Å². The number of hydrogen-bond donors (Lipinski definition) is 0. The van der Waals surface area contributed by atoms with Crippen molar-refractivity contribution in [2.45, 2.75) is 6.92 Å². The van der Waals surface area contributed by atoms with E-state index in [-0.39, 0.29) is 5.91 Å². The summed E-state index contributed by atoms with van der Waals surface area (Å²) in [6.07, 6.45) is 2.01. The minimum atomic E-state index is -0.415. The van der Waals surface area contributed by atoms with Crippen molar-refractivity contribution in [1.82, 2.24) is 0 Å². The lowest BCUT2D eigenvalue weighted by atomic mass is 9.84. The first-order valence-electron chi connectivity index (χ1n) is 12.8. The van der Waals surface area contributed by atoms with Gasteiger partial charge >= 0.3 is 0 Å². The predicted octanol–water partition coefficient (Wildman–Crippen LogP) is 8.39. The van der Waals surface area contributed by atoms with Crippen molar-refractivity contribution in [3.63, 3.8) is 0 Å². The highest BCUT2D eigenvalue weighted by Gasteiger charge is 2.37. The van der Waals surface area contributed by atoms with E-state index in [9.17, 15) is 9.59 Å². The minimum absolute atomic E-state index is 0.294. The molecule has 2 heterocycles. The van der Waals surface area contributed by atoms with Crippen molar-refractivity contribution >= 4 is 61.4 Å². The zero-order chi connectivity index (χ0) is 26.7. The largest absolute Gasteiger partial charge is 0.456 e. The second kappa shape index (κ2) is 8.67. The molecule has 0 unspecified atom stereocenters. The SMILES string of the molecule is C=C1C(=O)N(c2ccc3ccccc3c2)C(=O)c2cccc(/C(=C\C)c3ccc4oc5ccccc5c4c3)c21. The standard InChI is InChI=1S/C35H23NO3/c1-3-26(24-16-18-32-30(20-24)27-11-6-7-14-31(27)39-32)28-12-8-13-29-33(28)21(2)34(37)36(35(29)38)25-17-15-22-9-4-5-10-23(22)19-25/h3-20H,2H2,1H3/b26-3-. The second-order valence-electron chi connectivity index (χ2n) is 9.70. The number of benzene rings is 5. The molecule has 0 bridgehead atoms. The Morgan fingerprint density at radius 3 is 2.36 bits per heavy atom. The number of hydrogen-bond acceptors (Lipinski definition) is 3. The molecule has 0 fully saturated rings. The van der Waals surface area contributed by atoms with E-state index >= 15 is 0 Å². The normalized spacial score (nSPS) is 14.0. The maximum Gasteiger partial charge on any atom is 0.265 e. The van der Waals surface area contributed by atoms with Gasteiger partial charge in [0.25, 0.3) is 11.8 Å². The molecule has 4 heteroatoms. The Bertz CT molecular complexity index is 2040. The Morgan fingerprint density at radius 1 is 0.744 bits per heavy atom. The van der Waals surface area contributed by atoms with Crippen LogP contribution in [0.5, 0.6) is 0 Å². The Kier molecular flexibility index (Phi) is 5.10. The molecule has 0 aliphatic carbocycles. The van der Waals surface area contributed by atoms with Gasteiger partial charge in [0, 0.05) is 27.5 Å². The molecule has 0 atom stereocenters. The van der Waals surface area contributed by atoms with Gasteiger partial charge in [0.05, 0.1) is 5.69 Å². The Morgan fingerprint density at radius 2 is 1.51 bits per heavy atom. The highest BCUT2D eigenvalue weighted by Crippen LogP contribution is 2.39. The number of fused-ring (bicyclic) bond motifs is 5. The van der Waals surface area contributed by atoms with Gasteiger partial charge in [0.1, 0.15) is 11.2 Å². The van der Waals surface area contributed by atoms with E-state index in [1.54, 1.807) is 6.07 Å². The number of carbonyl (C=O) groups excluding carboxylic acids is 2. The molecule has 4 nitrogen and oxygen atoms in total. The van der Waals surface area contributed by atoms with E-state index in [0.717, 1.165) is 49.4 Å². The van der Waals surface area contributed by atoms with Crippen LogP contribution in [0.15, 0.2) is 120 Å². The van der Waals surface area contributed by atoms with E-state index in [1.165, 1.54) is 4.90 Å². The molecule has 2 amide bonds. The lowest BCUT2D eigenvalue weighted by Crippen LogP contribution is -2.42. The summed E-state index contributed by atoms with van der Waals surface area (Å²) in [5.74, 6) is -0.770. The topological polar surface area (TPSA) is 50.5 Å². The van der Waals surface area contributed by atoms with Crippen LogP contribution in [0.1, 0.15) is 34.0 Å². The predicted molar refractivity (Wildman–Crippen MR) is 158 cm³/mol. The number of para-hydroxylation sites is 1. The summed E-state index contributed by atoms with van der Waals surface area (Å²) in [4.78, 5) is 28.8. The summed E-state index contributed by atoms with van der Waals surface area (Å²) in [6, 6.07) is 33.1. The third-order valence-corrected chi connectivity index (χ3v) is 7.52. The third kappa shape index (κ3) is 3.46. The molecule has 6 aromatic rings. The second-order valence-corrected chi connectivity index (χ2v) is 9.70. The van der Waals surface area contributed by atoms with Crippen LogP contribution in [-0.4, -0.2) is 11.8 Å². The Hall–Kier alpha value is -5.22. The molecule has 1 aliphatic rings. The maximum atomic E-state index is 13.8. The number of amides is 2.